The second-order valence-electron chi connectivity index (χ2n) is 6.45. The van der Waals surface area contributed by atoms with Crippen LogP contribution in [-0.2, 0) is 16.1 Å². The van der Waals surface area contributed by atoms with Crippen molar-refractivity contribution in [3.05, 3.63) is 65.7 Å². The number of anilines is 1. The first-order valence-corrected chi connectivity index (χ1v) is 8.56. The number of carbonyl (C=O) groups excluding carboxylic acids is 2. The van der Waals surface area contributed by atoms with Crippen molar-refractivity contribution in [3.8, 4) is 0 Å². The van der Waals surface area contributed by atoms with Crippen LogP contribution in [0.25, 0.3) is 0 Å². The van der Waals surface area contributed by atoms with Crippen LogP contribution in [0.1, 0.15) is 17.5 Å². The molecule has 0 aliphatic carbocycles. The summed E-state index contributed by atoms with van der Waals surface area (Å²) in [6.45, 7) is 2.17. The van der Waals surface area contributed by atoms with Gasteiger partial charge in [0, 0.05) is 12.1 Å². The number of hydrogen-bond donors (Lipinski definition) is 2. The highest BCUT2D eigenvalue weighted by Gasteiger charge is 2.39. The summed E-state index contributed by atoms with van der Waals surface area (Å²) in [7, 11) is 0. The van der Waals surface area contributed by atoms with Crippen LogP contribution in [0.5, 0.6) is 0 Å². The lowest BCUT2D eigenvalue weighted by Crippen LogP contribution is -2.43. The van der Waals surface area contributed by atoms with Gasteiger partial charge in [-0.15, -0.1) is 0 Å². The fourth-order valence-corrected chi connectivity index (χ4v) is 2.93. The van der Waals surface area contributed by atoms with Gasteiger partial charge < -0.3 is 15.2 Å². The summed E-state index contributed by atoms with van der Waals surface area (Å²) in [5.41, 5.74) is 2.60. The average molecular weight is 354 g/mol. The van der Waals surface area contributed by atoms with Crippen molar-refractivity contribution in [2.24, 2.45) is 0 Å². The molecule has 0 unspecified atom stereocenters. The molecular weight excluding hydrogens is 332 g/mol. The molecule has 1 heterocycles. The van der Waals surface area contributed by atoms with E-state index in [1.54, 1.807) is 12.1 Å². The Morgan fingerprint density at radius 1 is 1.15 bits per heavy atom. The van der Waals surface area contributed by atoms with E-state index in [1.165, 1.54) is 4.90 Å². The van der Waals surface area contributed by atoms with Crippen molar-refractivity contribution in [1.29, 1.82) is 0 Å². The zero-order valence-corrected chi connectivity index (χ0v) is 14.6. The molecule has 1 saturated heterocycles. The number of benzene rings is 2. The van der Waals surface area contributed by atoms with Gasteiger partial charge in [0.2, 0.25) is 5.91 Å². The summed E-state index contributed by atoms with van der Waals surface area (Å²) >= 11 is 0. The quantitative estimate of drug-likeness (QED) is 0.885. The maximum absolute atomic E-state index is 12.6. The number of nitrogens with one attached hydrogen (secondary N) is 1. The second-order valence-corrected chi connectivity index (χ2v) is 6.45. The molecule has 1 aliphatic heterocycles. The molecule has 6 heteroatoms. The van der Waals surface area contributed by atoms with E-state index in [0.717, 1.165) is 11.1 Å². The summed E-state index contributed by atoms with van der Waals surface area (Å²) in [5.74, 6) is -0.331. The summed E-state index contributed by atoms with van der Waals surface area (Å²) in [6, 6.07) is 16.0. The smallest absolute Gasteiger partial charge is 0.410 e. The SMILES string of the molecule is Cc1ccc(NC(=O)[C@@H]2C[C@H](O)CN2C(=O)OCc2ccccc2)cc1. The number of ether oxygens (including phenoxy) is 1. The highest BCUT2D eigenvalue weighted by atomic mass is 16.6. The molecule has 0 radical (unpaired) electrons. The fourth-order valence-electron chi connectivity index (χ4n) is 2.93. The lowest BCUT2D eigenvalue weighted by molar-refractivity contribution is -0.120. The Kier molecular flexibility index (Phi) is 5.53. The molecule has 0 bridgehead atoms. The summed E-state index contributed by atoms with van der Waals surface area (Å²) in [4.78, 5) is 26.2. The third kappa shape index (κ3) is 4.40. The summed E-state index contributed by atoms with van der Waals surface area (Å²) in [5, 5.41) is 12.7. The number of aryl methyl sites for hydroxylation is 1. The Labute approximate surface area is 152 Å². The van der Waals surface area contributed by atoms with E-state index < -0.39 is 18.2 Å². The van der Waals surface area contributed by atoms with Gasteiger partial charge in [-0.1, -0.05) is 48.0 Å². The third-order valence-electron chi connectivity index (χ3n) is 4.34. The fraction of sp³-hybridized carbons (Fsp3) is 0.300. The zero-order chi connectivity index (χ0) is 18.5. The largest absolute Gasteiger partial charge is 0.445 e. The van der Waals surface area contributed by atoms with Crippen molar-refractivity contribution in [3.63, 3.8) is 0 Å². The maximum Gasteiger partial charge on any atom is 0.410 e. The molecule has 6 nitrogen and oxygen atoms in total. The van der Waals surface area contributed by atoms with Crippen LogP contribution < -0.4 is 5.32 Å². The van der Waals surface area contributed by atoms with Gasteiger partial charge in [0.1, 0.15) is 12.6 Å². The van der Waals surface area contributed by atoms with Gasteiger partial charge >= 0.3 is 6.09 Å². The van der Waals surface area contributed by atoms with Crippen LogP contribution in [0.15, 0.2) is 54.6 Å². The number of aliphatic hydroxyl groups is 1. The molecule has 2 atom stereocenters. The molecule has 2 N–H and O–H groups in total. The topological polar surface area (TPSA) is 78.9 Å². The minimum absolute atomic E-state index is 0.0829. The molecule has 2 amide bonds. The average Bonchev–Trinajstić information content (AvgIpc) is 3.04. The van der Waals surface area contributed by atoms with Crippen LogP contribution in [0.3, 0.4) is 0 Å². The van der Waals surface area contributed by atoms with Crippen LogP contribution >= 0.6 is 0 Å². The predicted octanol–water partition coefficient (Wildman–Crippen LogP) is 2.71. The minimum atomic E-state index is -0.755. The predicted molar refractivity (Wildman–Crippen MR) is 97.6 cm³/mol. The van der Waals surface area contributed by atoms with Gasteiger partial charge in [0.05, 0.1) is 12.6 Å². The van der Waals surface area contributed by atoms with Gasteiger partial charge in [0.25, 0.3) is 0 Å². The van der Waals surface area contributed by atoms with E-state index in [9.17, 15) is 14.7 Å². The number of amides is 2. The van der Waals surface area contributed by atoms with E-state index >= 15 is 0 Å². The van der Waals surface area contributed by atoms with Crippen LogP contribution in [0, 0.1) is 6.92 Å². The molecule has 3 rings (SSSR count). The molecule has 136 valence electrons. The van der Waals surface area contributed by atoms with Gasteiger partial charge in [-0.25, -0.2) is 4.79 Å². The van der Waals surface area contributed by atoms with Crippen molar-refractivity contribution in [2.45, 2.75) is 32.1 Å². The zero-order valence-electron chi connectivity index (χ0n) is 14.6. The van der Waals surface area contributed by atoms with E-state index in [-0.39, 0.29) is 25.5 Å². The van der Waals surface area contributed by atoms with Crippen LogP contribution in [0.2, 0.25) is 0 Å². The Morgan fingerprint density at radius 3 is 2.54 bits per heavy atom. The maximum atomic E-state index is 12.6. The molecule has 1 aliphatic rings. The highest BCUT2D eigenvalue weighted by molar-refractivity contribution is 5.97. The number of rotatable bonds is 4. The molecule has 0 saturated carbocycles. The molecule has 2 aromatic carbocycles. The first-order chi connectivity index (χ1) is 12.5. The first-order valence-electron chi connectivity index (χ1n) is 8.56. The van der Waals surface area contributed by atoms with Crippen LogP contribution in [-0.4, -0.2) is 40.7 Å². The van der Waals surface area contributed by atoms with E-state index in [0.29, 0.717) is 5.69 Å². The lowest BCUT2D eigenvalue weighted by atomic mass is 10.1. The van der Waals surface area contributed by atoms with E-state index in [2.05, 4.69) is 5.32 Å². The van der Waals surface area contributed by atoms with Gasteiger partial charge in [-0.2, -0.15) is 0 Å². The Bertz CT molecular complexity index is 761. The molecule has 2 aromatic rings. The Morgan fingerprint density at radius 2 is 1.85 bits per heavy atom. The summed E-state index contributed by atoms with van der Waals surface area (Å²) < 4.78 is 5.30. The first kappa shape index (κ1) is 17.9. The molecule has 0 aromatic heterocycles. The van der Waals surface area contributed by atoms with Crippen molar-refractivity contribution >= 4 is 17.7 Å². The number of likely N-dealkylation sites (tertiary alicyclic amines) is 1. The number of nitrogens with zero attached hydrogens (tertiary/aromatic N) is 1. The van der Waals surface area contributed by atoms with Gasteiger partial charge in [-0.05, 0) is 24.6 Å². The highest BCUT2D eigenvalue weighted by Crippen LogP contribution is 2.21. The van der Waals surface area contributed by atoms with E-state index in [1.807, 2.05) is 49.4 Å². The van der Waals surface area contributed by atoms with Crippen molar-refractivity contribution < 1.29 is 19.4 Å². The number of carbonyl (C=O) groups is 2. The Balaban J connectivity index is 1.62. The standard InChI is InChI=1S/C20H22N2O4/c1-14-7-9-16(10-8-14)21-19(24)18-11-17(23)12-22(18)20(25)26-13-15-5-3-2-4-6-15/h2-10,17-18,23H,11-13H2,1H3,(H,21,24)/t17-,18-/m0/s1. The Hall–Kier alpha value is -2.86. The normalized spacial score (nSPS) is 19.2. The van der Waals surface area contributed by atoms with E-state index in [4.69, 9.17) is 4.74 Å². The van der Waals surface area contributed by atoms with Crippen molar-refractivity contribution in [2.75, 3.05) is 11.9 Å². The second kappa shape index (κ2) is 8.01. The number of hydrogen-bond acceptors (Lipinski definition) is 4. The van der Waals surface area contributed by atoms with Crippen LogP contribution in [0.4, 0.5) is 10.5 Å². The molecular formula is C20H22N2O4. The monoisotopic (exact) mass is 354 g/mol. The number of aliphatic hydroxyl groups excluding tert-OH is 1. The molecule has 0 spiro atoms. The lowest BCUT2D eigenvalue weighted by Gasteiger charge is -2.23. The molecule has 26 heavy (non-hydrogen) atoms. The van der Waals surface area contributed by atoms with Gasteiger partial charge in [-0.3, -0.25) is 9.69 Å². The van der Waals surface area contributed by atoms with Gasteiger partial charge in [0.15, 0.2) is 0 Å². The molecule has 1 fully saturated rings. The van der Waals surface area contributed by atoms with Crippen molar-refractivity contribution in [1.82, 2.24) is 4.90 Å². The summed E-state index contributed by atoms with van der Waals surface area (Å²) in [6.07, 6.45) is -1.15. The third-order valence-corrected chi connectivity index (χ3v) is 4.34. The number of β-amino-alcohol motifs (C(OH)–C–C–N with tert-alkyl or cyclic N) is 1. The minimum Gasteiger partial charge on any atom is -0.445 e.